The fraction of sp³-hybridized carbons (Fsp3) is 0.279. The highest BCUT2D eigenvalue weighted by Crippen LogP contribution is 2.65. The fourth-order valence-electron chi connectivity index (χ4n) is 12.2. The summed E-state index contributed by atoms with van der Waals surface area (Å²) in [6.45, 7) is 30.3. The Morgan fingerprint density at radius 3 is 1.40 bits per heavy atom. The minimum atomic E-state index is -0.201. The van der Waals surface area contributed by atoms with Gasteiger partial charge in [0.25, 0.3) is 0 Å². The molecule has 0 radical (unpaired) electrons. The molecule has 0 heterocycles. The summed E-state index contributed by atoms with van der Waals surface area (Å²) in [5, 5.41) is 2.66. The first-order chi connectivity index (χ1) is 29.9. The lowest BCUT2D eigenvalue weighted by atomic mass is 9.64. The van der Waals surface area contributed by atoms with Crippen molar-refractivity contribution in [1.29, 1.82) is 0 Å². The molecule has 7 aromatic rings. The van der Waals surface area contributed by atoms with Gasteiger partial charge in [-0.1, -0.05) is 147 Å². The number of aryl methyl sites for hydroxylation is 8. The number of fused-ring (bicyclic) bond motifs is 7. The van der Waals surface area contributed by atoms with Crippen molar-refractivity contribution in [3.63, 3.8) is 0 Å². The number of hydrogen-bond acceptors (Lipinski definition) is 2. The van der Waals surface area contributed by atoms with E-state index < -0.39 is 0 Å². The van der Waals surface area contributed by atoms with Gasteiger partial charge >= 0.3 is 0 Å². The van der Waals surface area contributed by atoms with E-state index in [0.717, 1.165) is 6.42 Å². The van der Waals surface area contributed by atoms with Gasteiger partial charge in [-0.25, -0.2) is 0 Å². The van der Waals surface area contributed by atoms with Crippen LogP contribution in [0.4, 0.5) is 34.1 Å². The normalized spacial score (nSPS) is 17.9. The van der Waals surface area contributed by atoms with Gasteiger partial charge in [0.15, 0.2) is 0 Å². The number of rotatable bonds is 6. The van der Waals surface area contributed by atoms with Crippen LogP contribution >= 0.6 is 0 Å². The van der Waals surface area contributed by atoms with Crippen LogP contribution < -0.4 is 9.80 Å². The minimum absolute atomic E-state index is 0.159. The first-order valence-electron chi connectivity index (χ1n) is 23.0. The van der Waals surface area contributed by atoms with Crippen LogP contribution in [0.3, 0.4) is 0 Å². The van der Waals surface area contributed by atoms with Crippen LogP contribution in [0.2, 0.25) is 0 Å². The number of benzene rings is 7. The molecular weight excluding hydrogens is 761 g/mol. The molecule has 7 aromatic carbocycles. The lowest BCUT2D eigenvalue weighted by molar-refractivity contribution is 0.470. The zero-order valence-corrected chi connectivity index (χ0v) is 39.7. The van der Waals surface area contributed by atoms with Gasteiger partial charge in [-0.15, -0.1) is 0 Å². The van der Waals surface area contributed by atoms with Crippen molar-refractivity contribution in [2.75, 3.05) is 9.80 Å². The smallest absolute Gasteiger partial charge is 0.0543 e. The molecule has 0 saturated heterocycles. The van der Waals surface area contributed by atoms with E-state index in [1.165, 1.54) is 123 Å². The van der Waals surface area contributed by atoms with Crippen molar-refractivity contribution >= 4 is 50.5 Å². The van der Waals surface area contributed by atoms with Gasteiger partial charge in [-0.2, -0.15) is 0 Å². The Kier molecular flexibility index (Phi) is 9.22. The average molecular weight is 823 g/mol. The maximum Gasteiger partial charge on any atom is 0.0543 e. The number of allylic oxidation sites excluding steroid dienone is 4. The van der Waals surface area contributed by atoms with Crippen LogP contribution in [0.1, 0.15) is 108 Å². The number of hydrogen-bond donors (Lipinski definition) is 0. The lowest BCUT2D eigenvalue weighted by Crippen LogP contribution is -2.32. The third kappa shape index (κ3) is 6.11. The predicted molar refractivity (Wildman–Crippen MR) is 271 cm³/mol. The van der Waals surface area contributed by atoms with E-state index in [4.69, 9.17) is 0 Å². The average Bonchev–Trinajstić information content (AvgIpc) is 3.55. The molecule has 1 atom stereocenters. The second-order valence-corrected chi connectivity index (χ2v) is 20.6. The standard InChI is InChI=1S/C61H62N2/c1-36-18-24-52(40(5)28-36)62(53-25-19-37(2)29-41(53)6)44-22-23-45-48-33-57-60(11,12)50-34-56(63(54-26-20-38(3)30-42(54)7)55-27-21-39(4)31-43(55)8)46-16-14-15-17-47(46)58(50)61(57,13)35-51(48)59(9,10)49(45)32-44/h14-34H,35H2,1-13H3. The third-order valence-electron chi connectivity index (χ3n) is 15.3. The van der Waals surface area contributed by atoms with E-state index >= 15 is 0 Å². The minimum Gasteiger partial charge on any atom is -0.310 e. The van der Waals surface area contributed by atoms with Crippen LogP contribution in [0.25, 0.3) is 16.3 Å². The molecule has 63 heavy (non-hydrogen) atoms. The van der Waals surface area contributed by atoms with Crippen LogP contribution in [0.15, 0.2) is 139 Å². The Labute approximate surface area is 376 Å². The molecule has 2 heteroatoms. The first kappa shape index (κ1) is 40.9. The summed E-state index contributed by atoms with van der Waals surface area (Å²) in [5.41, 5.74) is 27.3. The molecule has 0 spiro atoms. The zero-order valence-electron chi connectivity index (χ0n) is 39.7. The van der Waals surface area contributed by atoms with E-state index in [2.05, 4.69) is 227 Å². The largest absolute Gasteiger partial charge is 0.310 e. The van der Waals surface area contributed by atoms with Gasteiger partial charge in [-0.3, -0.25) is 0 Å². The summed E-state index contributed by atoms with van der Waals surface area (Å²) < 4.78 is 0. The number of nitrogens with zero attached hydrogens (tertiary/aromatic N) is 2. The molecule has 1 unspecified atom stereocenters. The Morgan fingerprint density at radius 2 is 0.905 bits per heavy atom. The summed E-state index contributed by atoms with van der Waals surface area (Å²) >= 11 is 0. The molecule has 0 aromatic heterocycles. The summed E-state index contributed by atoms with van der Waals surface area (Å²) in [6.07, 6.45) is 3.62. The monoisotopic (exact) mass is 822 g/mol. The Morgan fingerprint density at radius 1 is 0.429 bits per heavy atom. The van der Waals surface area contributed by atoms with E-state index in [9.17, 15) is 0 Å². The molecule has 10 rings (SSSR count). The molecule has 0 fully saturated rings. The van der Waals surface area contributed by atoms with Crippen LogP contribution in [-0.2, 0) is 16.2 Å². The predicted octanol–water partition coefficient (Wildman–Crippen LogP) is 16.9. The van der Waals surface area contributed by atoms with Crippen molar-refractivity contribution in [3.05, 3.63) is 205 Å². The molecule has 316 valence electrons. The lowest BCUT2D eigenvalue weighted by Gasteiger charge is -2.39. The maximum atomic E-state index is 2.64. The van der Waals surface area contributed by atoms with Crippen molar-refractivity contribution < 1.29 is 0 Å². The molecule has 0 N–H and O–H groups in total. The van der Waals surface area contributed by atoms with Gasteiger partial charge in [0.1, 0.15) is 0 Å². The van der Waals surface area contributed by atoms with Crippen LogP contribution in [0.5, 0.6) is 0 Å². The Balaban J connectivity index is 1.14. The second kappa shape index (κ2) is 14.2. The summed E-state index contributed by atoms with van der Waals surface area (Å²) in [4.78, 5) is 5.05. The second-order valence-electron chi connectivity index (χ2n) is 20.6. The highest BCUT2D eigenvalue weighted by atomic mass is 15.2. The van der Waals surface area contributed by atoms with Gasteiger partial charge in [0, 0.05) is 50.1 Å². The van der Waals surface area contributed by atoms with E-state index in [1.807, 2.05) is 0 Å². The molecule has 0 bridgehead atoms. The Bertz CT molecular complexity index is 3050. The van der Waals surface area contributed by atoms with E-state index in [0.29, 0.717) is 0 Å². The van der Waals surface area contributed by atoms with Gasteiger partial charge in [0.2, 0.25) is 0 Å². The van der Waals surface area contributed by atoms with Gasteiger partial charge in [-0.05, 0) is 165 Å². The molecule has 0 amide bonds. The van der Waals surface area contributed by atoms with Crippen LogP contribution in [0, 0.1) is 55.4 Å². The van der Waals surface area contributed by atoms with Crippen molar-refractivity contribution in [1.82, 2.24) is 0 Å². The van der Waals surface area contributed by atoms with Crippen LogP contribution in [-0.4, -0.2) is 0 Å². The maximum absolute atomic E-state index is 2.64. The first-order valence-corrected chi connectivity index (χ1v) is 23.0. The van der Waals surface area contributed by atoms with E-state index in [1.54, 1.807) is 5.57 Å². The summed E-state index contributed by atoms with van der Waals surface area (Å²) in [5.74, 6) is 0. The molecular formula is C61H62N2. The molecule has 3 aliphatic rings. The van der Waals surface area contributed by atoms with Crippen molar-refractivity contribution in [2.24, 2.45) is 0 Å². The zero-order chi connectivity index (χ0) is 44.5. The highest BCUT2D eigenvalue weighted by molar-refractivity contribution is 6.04. The summed E-state index contributed by atoms with van der Waals surface area (Å²) in [6, 6.07) is 46.7. The topological polar surface area (TPSA) is 6.48 Å². The summed E-state index contributed by atoms with van der Waals surface area (Å²) in [7, 11) is 0. The highest BCUT2D eigenvalue weighted by Gasteiger charge is 2.55. The van der Waals surface area contributed by atoms with Gasteiger partial charge in [0.05, 0.1) is 5.69 Å². The van der Waals surface area contributed by atoms with Crippen molar-refractivity contribution in [2.45, 2.75) is 113 Å². The quantitative estimate of drug-likeness (QED) is 0.165. The molecule has 3 aliphatic carbocycles. The molecule has 0 saturated carbocycles. The van der Waals surface area contributed by atoms with E-state index in [-0.39, 0.29) is 16.2 Å². The molecule has 2 nitrogen and oxygen atoms in total. The number of anilines is 6. The molecule has 0 aliphatic heterocycles. The SMILES string of the molecule is Cc1ccc(N(c2ccc3c(c2)C(C)(C)C2=C3C=C3C(C)(C)c4cc(N(c5ccc(C)cc5C)c5ccc(C)cc5C)c5ccccc5c4C3(C)C2)c2ccc(C)cc2C)c(C)c1. The fourth-order valence-corrected chi connectivity index (χ4v) is 12.2. The third-order valence-corrected chi connectivity index (χ3v) is 15.3. The van der Waals surface area contributed by atoms with Crippen molar-refractivity contribution in [3.8, 4) is 0 Å². The van der Waals surface area contributed by atoms with Gasteiger partial charge < -0.3 is 9.80 Å². The Hall–Kier alpha value is -6.12.